The van der Waals surface area contributed by atoms with Crippen molar-refractivity contribution in [3.05, 3.63) is 52.8 Å². The predicted octanol–water partition coefficient (Wildman–Crippen LogP) is 3.75. The van der Waals surface area contributed by atoms with E-state index in [0.717, 1.165) is 6.07 Å². The largest absolute Gasteiger partial charge is 0.497 e. The molecule has 2 aromatic rings. The molecule has 110 valence electrons. The van der Waals surface area contributed by atoms with Crippen LogP contribution in [0.25, 0.3) is 0 Å². The van der Waals surface area contributed by atoms with E-state index in [-0.39, 0.29) is 5.56 Å². The molecule has 0 bridgehead atoms. The van der Waals surface area contributed by atoms with Crippen LogP contribution in [0.1, 0.15) is 10.4 Å². The molecule has 0 heterocycles. The molecule has 1 N–H and O–H groups in total. The Balaban J connectivity index is 2.20. The van der Waals surface area contributed by atoms with Gasteiger partial charge in [-0.1, -0.05) is 11.6 Å². The molecule has 0 atom stereocenters. The second-order valence-corrected chi connectivity index (χ2v) is 4.56. The molecule has 0 spiro atoms. The molecule has 0 saturated heterocycles. The van der Waals surface area contributed by atoms with Gasteiger partial charge in [0.25, 0.3) is 5.91 Å². The van der Waals surface area contributed by atoms with E-state index >= 15 is 0 Å². The first-order valence-corrected chi connectivity index (χ1v) is 6.41. The molecule has 0 unspecified atom stereocenters. The van der Waals surface area contributed by atoms with Crippen LogP contribution in [0, 0.1) is 5.82 Å². The lowest BCUT2D eigenvalue weighted by Crippen LogP contribution is -2.13. The van der Waals surface area contributed by atoms with Crippen LogP contribution in [-0.2, 0) is 0 Å². The predicted molar refractivity (Wildman–Crippen MR) is 78.9 cm³/mol. The van der Waals surface area contributed by atoms with E-state index in [2.05, 4.69) is 5.32 Å². The highest BCUT2D eigenvalue weighted by Crippen LogP contribution is 2.27. The smallest absolute Gasteiger partial charge is 0.258 e. The van der Waals surface area contributed by atoms with Crippen molar-refractivity contribution in [2.75, 3.05) is 19.5 Å². The number of carbonyl (C=O) groups is 1. The summed E-state index contributed by atoms with van der Waals surface area (Å²) >= 11 is 5.96. The van der Waals surface area contributed by atoms with Gasteiger partial charge in [0.2, 0.25) is 0 Å². The van der Waals surface area contributed by atoms with Crippen LogP contribution in [0.2, 0.25) is 5.02 Å². The molecule has 0 aliphatic rings. The number of anilines is 1. The van der Waals surface area contributed by atoms with Crippen LogP contribution in [-0.4, -0.2) is 20.1 Å². The Morgan fingerprint density at radius 3 is 2.48 bits per heavy atom. The average molecular weight is 310 g/mol. The molecule has 0 aliphatic heterocycles. The number of benzene rings is 2. The van der Waals surface area contributed by atoms with Crippen LogP contribution < -0.4 is 14.8 Å². The Bertz CT molecular complexity index is 676. The summed E-state index contributed by atoms with van der Waals surface area (Å²) in [5.74, 6) is -0.398. The highest BCUT2D eigenvalue weighted by atomic mass is 35.5. The van der Waals surface area contributed by atoms with E-state index in [1.165, 1.54) is 32.4 Å². The highest BCUT2D eigenvalue weighted by Gasteiger charge is 2.13. The monoisotopic (exact) mass is 309 g/mol. The first kappa shape index (κ1) is 15.1. The lowest BCUT2D eigenvalue weighted by Gasteiger charge is -2.09. The van der Waals surface area contributed by atoms with Crippen LogP contribution >= 0.6 is 11.6 Å². The molecule has 4 nitrogen and oxygen atoms in total. The van der Waals surface area contributed by atoms with Gasteiger partial charge in [-0.2, -0.15) is 0 Å². The first-order valence-electron chi connectivity index (χ1n) is 6.03. The normalized spacial score (nSPS) is 10.1. The molecule has 0 fully saturated rings. The van der Waals surface area contributed by atoms with Gasteiger partial charge in [-0.3, -0.25) is 4.79 Å². The van der Waals surface area contributed by atoms with Gasteiger partial charge in [0.1, 0.15) is 17.3 Å². The first-order chi connectivity index (χ1) is 10.0. The van der Waals surface area contributed by atoms with E-state index in [4.69, 9.17) is 21.1 Å². The molecule has 1 amide bonds. The van der Waals surface area contributed by atoms with Crippen molar-refractivity contribution in [2.45, 2.75) is 0 Å². The van der Waals surface area contributed by atoms with Gasteiger partial charge in [0.15, 0.2) is 0 Å². The van der Waals surface area contributed by atoms with E-state index in [1.807, 2.05) is 0 Å². The zero-order valence-electron chi connectivity index (χ0n) is 11.4. The molecule has 0 aromatic heterocycles. The van der Waals surface area contributed by atoms with Gasteiger partial charge in [0, 0.05) is 11.8 Å². The average Bonchev–Trinajstić information content (AvgIpc) is 2.47. The Morgan fingerprint density at radius 1 is 1.14 bits per heavy atom. The number of nitrogens with one attached hydrogen (secondary N) is 1. The fourth-order valence-corrected chi connectivity index (χ4v) is 2.01. The molecule has 0 saturated carbocycles. The SMILES string of the molecule is COc1ccc(C(=O)Nc2ccc(OC)c(Cl)c2)c(F)c1. The standard InChI is InChI=1S/C15H13ClFNO3/c1-20-10-4-5-11(13(17)8-10)15(19)18-9-3-6-14(21-2)12(16)7-9/h3-8H,1-2H3,(H,18,19). The van der Waals surface area contributed by atoms with Crippen LogP contribution in [0.3, 0.4) is 0 Å². The van der Waals surface area contributed by atoms with E-state index in [9.17, 15) is 9.18 Å². The number of amides is 1. The van der Waals surface area contributed by atoms with E-state index < -0.39 is 11.7 Å². The Hall–Kier alpha value is -2.27. The third-order valence-electron chi connectivity index (χ3n) is 2.83. The summed E-state index contributed by atoms with van der Waals surface area (Å²) in [7, 11) is 2.92. The Kier molecular flexibility index (Phi) is 4.65. The van der Waals surface area contributed by atoms with Crippen LogP contribution in [0.15, 0.2) is 36.4 Å². The molecule has 0 radical (unpaired) electrons. The van der Waals surface area contributed by atoms with Crippen molar-refractivity contribution in [1.82, 2.24) is 0 Å². The molecule has 2 aromatic carbocycles. The summed E-state index contributed by atoms with van der Waals surface area (Å²) in [5, 5.41) is 2.92. The highest BCUT2D eigenvalue weighted by molar-refractivity contribution is 6.32. The second kappa shape index (κ2) is 6.45. The van der Waals surface area contributed by atoms with E-state index in [0.29, 0.717) is 22.2 Å². The topological polar surface area (TPSA) is 47.6 Å². The van der Waals surface area contributed by atoms with Gasteiger partial charge in [-0.15, -0.1) is 0 Å². The number of halogens is 2. The molecule has 21 heavy (non-hydrogen) atoms. The molecule has 0 aliphatic carbocycles. The number of hydrogen-bond donors (Lipinski definition) is 1. The number of methoxy groups -OCH3 is 2. The third kappa shape index (κ3) is 3.44. The lowest BCUT2D eigenvalue weighted by molar-refractivity contribution is 0.102. The lowest BCUT2D eigenvalue weighted by atomic mass is 10.2. The zero-order chi connectivity index (χ0) is 15.4. The maximum Gasteiger partial charge on any atom is 0.258 e. The van der Waals surface area contributed by atoms with Gasteiger partial charge in [0.05, 0.1) is 24.8 Å². The number of carbonyl (C=O) groups excluding carboxylic acids is 1. The second-order valence-electron chi connectivity index (χ2n) is 4.15. The van der Waals surface area contributed by atoms with Crippen molar-refractivity contribution < 1.29 is 18.7 Å². The summed E-state index contributed by atoms with van der Waals surface area (Å²) in [6.07, 6.45) is 0. The van der Waals surface area contributed by atoms with Gasteiger partial charge in [-0.05, 0) is 30.3 Å². The van der Waals surface area contributed by atoms with Crippen molar-refractivity contribution in [2.24, 2.45) is 0 Å². The maximum atomic E-state index is 13.8. The van der Waals surface area contributed by atoms with E-state index in [1.54, 1.807) is 12.1 Å². The minimum absolute atomic E-state index is 0.0808. The minimum Gasteiger partial charge on any atom is -0.497 e. The van der Waals surface area contributed by atoms with Crippen molar-refractivity contribution >= 4 is 23.2 Å². The Labute approximate surface area is 126 Å². The molecule has 6 heteroatoms. The fourth-order valence-electron chi connectivity index (χ4n) is 1.75. The molecule has 2 rings (SSSR count). The van der Waals surface area contributed by atoms with Crippen molar-refractivity contribution in [1.29, 1.82) is 0 Å². The zero-order valence-corrected chi connectivity index (χ0v) is 12.2. The fraction of sp³-hybridized carbons (Fsp3) is 0.133. The van der Waals surface area contributed by atoms with Crippen molar-refractivity contribution in [3.8, 4) is 11.5 Å². The van der Waals surface area contributed by atoms with Crippen molar-refractivity contribution in [3.63, 3.8) is 0 Å². The number of ether oxygens (including phenoxy) is 2. The summed E-state index contributed by atoms with van der Waals surface area (Å²) in [4.78, 5) is 12.0. The molecular formula is C15H13ClFNO3. The summed E-state index contributed by atoms with van der Waals surface area (Å²) in [6, 6.07) is 8.77. The maximum absolute atomic E-state index is 13.8. The van der Waals surface area contributed by atoms with Gasteiger partial charge < -0.3 is 14.8 Å². The molecular weight excluding hydrogens is 297 g/mol. The third-order valence-corrected chi connectivity index (χ3v) is 3.13. The summed E-state index contributed by atoms with van der Waals surface area (Å²) in [5.41, 5.74) is 0.365. The summed E-state index contributed by atoms with van der Waals surface area (Å²) < 4.78 is 23.7. The van der Waals surface area contributed by atoms with Crippen LogP contribution in [0.4, 0.5) is 10.1 Å². The van der Waals surface area contributed by atoms with Crippen LogP contribution in [0.5, 0.6) is 11.5 Å². The minimum atomic E-state index is -0.661. The number of hydrogen-bond acceptors (Lipinski definition) is 3. The Morgan fingerprint density at radius 2 is 1.90 bits per heavy atom. The summed E-state index contributed by atoms with van der Waals surface area (Å²) in [6.45, 7) is 0. The number of rotatable bonds is 4. The van der Waals surface area contributed by atoms with Gasteiger partial charge in [-0.25, -0.2) is 4.39 Å². The van der Waals surface area contributed by atoms with Gasteiger partial charge >= 0.3 is 0 Å². The quantitative estimate of drug-likeness (QED) is 0.935.